The monoisotopic (exact) mass is 257 g/mol. The zero-order valence-corrected chi connectivity index (χ0v) is 9.19. The third kappa shape index (κ3) is 3.76. The lowest BCUT2D eigenvalue weighted by Crippen LogP contribution is -2.16. The summed E-state index contributed by atoms with van der Waals surface area (Å²) in [7, 11) is 0. The number of hydrogen-bond donors (Lipinski definition) is 3. The van der Waals surface area contributed by atoms with Crippen LogP contribution in [-0.4, -0.2) is 28.1 Å². The van der Waals surface area contributed by atoms with Crippen LogP contribution in [0.4, 0.5) is 5.69 Å². The molecule has 3 N–H and O–H groups in total. The molecule has 1 rings (SSSR count). The van der Waals surface area contributed by atoms with E-state index in [-0.39, 0.29) is 16.3 Å². The lowest BCUT2D eigenvalue weighted by Gasteiger charge is -2.05. The van der Waals surface area contributed by atoms with Crippen LogP contribution in [0.1, 0.15) is 16.8 Å². The molecule has 0 radical (unpaired) electrons. The number of nitrogens with one attached hydrogen (secondary N) is 1. The van der Waals surface area contributed by atoms with Crippen LogP contribution in [0.2, 0.25) is 5.02 Å². The second-order valence-electron chi connectivity index (χ2n) is 3.12. The van der Waals surface area contributed by atoms with Gasteiger partial charge in [0, 0.05) is 5.69 Å². The standard InChI is InChI=1S/C10H8ClNO5/c11-7-2-1-5(3-6(7)10(16)17)12-8(13)4-9(14)15/h1-3H,4H2,(H,12,13)(H,14,15)(H,16,17). The maximum atomic E-state index is 11.1. The van der Waals surface area contributed by atoms with Gasteiger partial charge in [0.05, 0.1) is 10.6 Å². The molecule has 0 heterocycles. The molecule has 0 saturated carbocycles. The number of benzene rings is 1. The molecule has 0 aromatic heterocycles. The third-order valence-corrected chi connectivity index (χ3v) is 2.12. The highest BCUT2D eigenvalue weighted by molar-refractivity contribution is 6.33. The van der Waals surface area contributed by atoms with Gasteiger partial charge in [-0.05, 0) is 18.2 Å². The van der Waals surface area contributed by atoms with Crippen molar-refractivity contribution < 1.29 is 24.6 Å². The molecule has 0 saturated heterocycles. The third-order valence-electron chi connectivity index (χ3n) is 1.79. The minimum atomic E-state index is -1.27. The molecule has 1 aromatic carbocycles. The van der Waals surface area contributed by atoms with Crippen molar-refractivity contribution in [3.63, 3.8) is 0 Å². The normalized spacial score (nSPS) is 9.71. The number of rotatable bonds is 4. The van der Waals surface area contributed by atoms with Gasteiger partial charge in [-0.15, -0.1) is 0 Å². The largest absolute Gasteiger partial charge is 0.481 e. The van der Waals surface area contributed by atoms with Gasteiger partial charge in [0.25, 0.3) is 0 Å². The molecular formula is C10H8ClNO5. The number of carbonyl (C=O) groups is 3. The molecule has 1 amide bonds. The van der Waals surface area contributed by atoms with E-state index in [1.165, 1.54) is 12.1 Å². The molecule has 0 bridgehead atoms. The summed E-state index contributed by atoms with van der Waals surface area (Å²) in [5.41, 5.74) is 0.0119. The number of carboxylic acids is 2. The fraction of sp³-hybridized carbons (Fsp3) is 0.100. The number of aliphatic carboxylic acids is 1. The van der Waals surface area contributed by atoms with E-state index < -0.39 is 24.3 Å². The van der Waals surface area contributed by atoms with Crippen molar-refractivity contribution in [1.29, 1.82) is 0 Å². The summed E-state index contributed by atoms with van der Waals surface area (Å²) in [5.74, 6) is -3.24. The van der Waals surface area contributed by atoms with E-state index in [4.69, 9.17) is 21.8 Å². The zero-order chi connectivity index (χ0) is 13.0. The predicted octanol–water partition coefficient (Wildman–Crippen LogP) is 1.45. The van der Waals surface area contributed by atoms with Gasteiger partial charge < -0.3 is 15.5 Å². The summed E-state index contributed by atoms with van der Waals surface area (Å²) in [6, 6.07) is 3.85. The first-order valence-corrected chi connectivity index (χ1v) is 4.82. The average Bonchev–Trinajstić information content (AvgIpc) is 2.19. The Balaban J connectivity index is 2.86. The van der Waals surface area contributed by atoms with Gasteiger partial charge in [-0.2, -0.15) is 0 Å². The molecule has 90 valence electrons. The van der Waals surface area contributed by atoms with Gasteiger partial charge in [-0.25, -0.2) is 4.79 Å². The molecule has 0 atom stereocenters. The van der Waals surface area contributed by atoms with Crippen LogP contribution in [-0.2, 0) is 9.59 Å². The Hall–Kier alpha value is -2.08. The van der Waals surface area contributed by atoms with Crippen molar-refractivity contribution in [2.24, 2.45) is 0 Å². The Labute approximate surface area is 101 Å². The molecule has 0 aliphatic rings. The molecule has 0 unspecified atom stereocenters. The van der Waals surface area contributed by atoms with Gasteiger partial charge in [0.15, 0.2) is 0 Å². The minimum absolute atomic E-state index is 0.0359. The first-order chi connectivity index (χ1) is 7.90. The van der Waals surface area contributed by atoms with Crippen molar-refractivity contribution in [2.75, 3.05) is 5.32 Å². The van der Waals surface area contributed by atoms with Gasteiger partial charge in [-0.3, -0.25) is 9.59 Å². The van der Waals surface area contributed by atoms with E-state index in [2.05, 4.69) is 5.32 Å². The number of carboxylic acid groups (broad SMARTS) is 2. The second kappa shape index (κ2) is 5.31. The molecule has 0 fully saturated rings. The van der Waals surface area contributed by atoms with E-state index >= 15 is 0 Å². The highest BCUT2D eigenvalue weighted by Gasteiger charge is 2.12. The summed E-state index contributed by atoms with van der Waals surface area (Å²) < 4.78 is 0. The Kier molecular flexibility index (Phi) is 4.06. The van der Waals surface area contributed by atoms with Crippen molar-refractivity contribution in [2.45, 2.75) is 6.42 Å². The topological polar surface area (TPSA) is 104 Å². The molecule has 1 aromatic rings. The van der Waals surface area contributed by atoms with Crippen LogP contribution in [0, 0.1) is 0 Å². The molecule has 7 heteroatoms. The number of amides is 1. The van der Waals surface area contributed by atoms with Crippen LogP contribution < -0.4 is 5.32 Å². The van der Waals surface area contributed by atoms with E-state index in [9.17, 15) is 14.4 Å². The van der Waals surface area contributed by atoms with Crippen molar-refractivity contribution in [3.05, 3.63) is 28.8 Å². The first kappa shape index (κ1) is 13.0. The van der Waals surface area contributed by atoms with Crippen LogP contribution in [0.5, 0.6) is 0 Å². The number of anilines is 1. The van der Waals surface area contributed by atoms with Gasteiger partial charge >= 0.3 is 11.9 Å². The Bertz CT molecular complexity index is 486. The Morgan fingerprint density at radius 3 is 2.41 bits per heavy atom. The Morgan fingerprint density at radius 2 is 1.88 bits per heavy atom. The fourth-order valence-corrected chi connectivity index (χ4v) is 1.31. The van der Waals surface area contributed by atoms with Crippen LogP contribution in [0.25, 0.3) is 0 Å². The van der Waals surface area contributed by atoms with E-state index in [0.717, 1.165) is 6.07 Å². The molecular weight excluding hydrogens is 250 g/mol. The molecule has 0 aliphatic heterocycles. The summed E-state index contributed by atoms with van der Waals surface area (Å²) in [4.78, 5) is 32.1. The maximum absolute atomic E-state index is 11.1. The lowest BCUT2D eigenvalue weighted by molar-refractivity contribution is -0.139. The summed E-state index contributed by atoms with van der Waals surface area (Å²) in [6.45, 7) is 0. The smallest absolute Gasteiger partial charge is 0.337 e. The second-order valence-corrected chi connectivity index (χ2v) is 3.53. The molecule has 6 nitrogen and oxygen atoms in total. The minimum Gasteiger partial charge on any atom is -0.481 e. The molecule has 17 heavy (non-hydrogen) atoms. The highest BCUT2D eigenvalue weighted by atomic mass is 35.5. The van der Waals surface area contributed by atoms with Crippen LogP contribution in [0.3, 0.4) is 0 Å². The predicted molar refractivity (Wildman–Crippen MR) is 59.3 cm³/mol. The number of hydrogen-bond acceptors (Lipinski definition) is 3. The van der Waals surface area contributed by atoms with E-state index in [0.29, 0.717) is 0 Å². The quantitative estimate of drug-likeness (QED) is 0.708. The van der Waals surface area contributed by atoms with Crippen LogP contribution in [0.15, 0.2) is 18.2 Å². The summed E-state index contributed by atoms with van der Waals surface area (Å²) >= 11 is 5.62. The van der Waals surface area contributed by atoms with Gasteiger partial charge in [-0.1, -0.05) is 11.6 Å². The zero-order valence-electron chi connectivity index (χ0n) is 8.44. The summed E-state index contributed by atoms with van der Waals surface area (Å²) in [5, 5.41) is 19.4. The van der Waals surface area contributed by atoms with Crippen LogP contribution >= 0.6 is 11.6 Å². The lowest BCUT2D eigenvalue weighted by atomic mass is 10.2. The Morgan fingerprint density at radius 1 is 1.24 bits per heavy atom. The SMILES string of the molecule is O=C(O)CC(=O)Nc1ccc(Cl)c(C(=O)O)c1. The van der Waals surface area contributed by atoms with Crippen molar-refractivity contribution in [1.82, 2.24) is 0 Å². The maximum Gasteiger partial charge on any atom is 0.337 e. The summed E-state index contributed by atoms with van der Waals surface area (Å²) in [6.07, 6.45) is -0.689. The number of aromatic carboxylic acids is 1. The highest BCUT2D eigenvalue weighted by Crippen LogP contribution is 2.20. The molecule has 0 aliphatic carbocycles. The fourth-order valence-electron chi connectivity index (χ4n) is 1.11. The van der Waals surface area contributed by atoms with Gasteiger partial charge in [0.2, 0.25) is 5.91 Å². The first-order valence-electron chi connectivity index (χ1n) is 4.44. The number of halogens is 1. The average molecular weight is 258 g/mol. The van der Waals surface area contributed by atoms with E-state index in [1.807, 2.05) is 0 Å². The number of carbonyl (C=O) groups excluding carboxylic acids is 1. The van der Waals surface area contributed by atoms with Crippen molar-refractivity contribution in [3.8, 4) is 0 Å². The van der Waals surface area contributed by atoms with E-state index in [1.54, 1.807) is 0 Å². The van der Waals surface area contributed by atoms with Gasteiger partial charge in [0.1, 0.15) is 6.42 Å². The van der Waals surface area contributed by atoms with Crippen molar-refractivity contribution >= 4 is 35.1 Å². The molecule has 0 spiro atoms.